The normalized spacial score (nSPS) is 10.8. The Bertz CT molecular complexity index is 908. The summed E-state index contributed by atoms with van der Waals surface area (Å²) in [6.45, 7) is 5.46. The van der Waals surface area contributed by atoms with E-state index in [-0.39, 0.29) is 24.6 Å². The van der Waals surface area contributed by atoms with Gasteiger partial charge in [-0.2, -0.15) is 0 Å². The first kappa shape index (κ1) is 24.7. The molecule has 0 atom stereocenters. The maximum atomic E-state index is 12.5. The summed E-state index contributed by atoms with van der Waals surface area (Å²) < 4.78 is 16.4. The quantitative estimate of drug-likeness (QED) is 0.449. The number of rotatable bonds is 10. The van der Waals surface area contributed by atoms with Crippen molar-refractivity contribution < 1.29 is 28.6 Å². The van der Waals surface area contributed by atoms with Gasteiger partial charge in [0.25, 0.3) is 5.91 Å². The second-order valence-corrected chi connectivity index (χ2v) is 8.13. The van der Waals surface area contributed by atoms with Crippen molar-refractivity contribution in [1.29, 1.82) is 0 Å². The van der Waals surface area contributed by atoms with Crippen LogP contribution in [0.4, 0.5) is 0 Å². The lowest BCUT2D eigenvalue weighted by Gasteiger charge is -2.23. The van der Waals surface area contributed by atoms with E-state index in [1.807, 2.05) is 51.1 Å². The van der Waals surface area contributed by atoms with Crippen LogP contribution in [0.25, 0.3) is 0 Å². The van der Waals surface area contributed by atoms with E-state index >= 15 is 0 Å². The topological polar surface area (TPSA) is 94.2 Å². The molecular weight excluding hydrogens is 412 g/mol. The Morgan fingerprint density at radius 3 is 2.22 bits per heavy atom. The third kappa shape index (κ3) is 8.67. The van der Waals surface area contributed by atoms with Crippen LogP contribution >= 0.6 is 0 Å². The minimum atomic E-state index is -0.689. The Morgan fingerprint density at radius 2 is 1.53 bits per heavy atom. The lowest BCUT2D eigenvalue weighted by atomic mass is 10.1. The molecule has 0 aliphatic rings. The summed E-state index contributed by atoms with van der Waals surface area (Å²) in [5, 5.41) is 2.77. The van der Waals surface area contributed by atoms with Gasteiger partial charge in [-0.3, -0.25) is 9.59 Å². The molecule has 1 N–H and O–H groups in total. The molecule has 0 spiro atoms. The number of esters is 1. The molecule has 0 unspecified atom stereocenters. The van der Waals surface area contributed by atoms with Gasteiger partial charge in [0.2, 0.25) is 5.91 Å². The predicted octanol–water partition coefficient (Wildman–Crippen LogP) is 2.67. The van der Waals surface area contributed by atoms with Crippen molar-refractivity contribution in [2.45, 2.75) is 26.3 Å². The number of nitrogens with one attached hydrogen (secondary N) is 1. The van der Waals surface area contributed by atoms with E-state index in [0.29, 0.717) is 12.4 Å². The molecule has 2 aromatic rings. The molecule has 2 amide bonds. The second-order valence-electron chi connectivity index (χ2n) is 8.13. The molecule has 0 heterocycles. The van der Waals surface area contributed by atoms with E-state index in [9.17, 15) is 14.4 Å². The summed E-state index contributed by atoms with van der Waals surface area (Å²) in [4.78, 5) is 37.9. The number of carbonyl (C=O) groups excluding carboxylic acids is 3. The molecule has 2 rings (SSSR count). The van der Waals surface area contributed by atoms with Crippen molar-refractivity contribution in [3.63, 3.8) is 0 Å². The predicted molar refractivity (Wildman–Crippen MR) is 120 cm³/mol. The van der Waals surface area contributed by atoms with Gasteiger partial charge >= 0.3 is 5.97 Å². The highest BCUT2D eigenvalue weighted by molar-refractivity contribution is 5.94. The number of benzene rings is 2. The van der Waals surface area contributed by atoms with E-state index in [4.69, 9.17) is 14.2 Å². The van der Waals surface area contributed by atoms with Crippen molar-refractivity contribution in [1.82, 2.24) is 10.2 Å². The van der Waals surface area contributed by atoms with Gasteiger partial charge in [0, 0.05) is 12.6 Å². The molecule has 32 heavy (non-hydrogen) atoms. The first-order chi connectivity index (χ1) is 15.2. The molecule has 0 saturated carbocycles. The van der Waals surface area contributed by atoms with Crippen molar-refractivity contribution >= 4 is 17.8 Å². The average molecular weight is 443 g/mol. The minimum Gasteiger partial charge on any atom is -0.490 e. The SMILES string of the molecule is CN(CC(=O)NC(C)(C)C)C(=O)COC(=O)c1ccccc1OCCOc1ccccc1. The molecule has 0 fully saturated rings. The van der Waals surface area contributed by atoms with Crippen LogP contribution in [0.3, 0.4) is 0 Å². The molecule has 0 bridgehead atoms. The first-order valence-corrected chi connectivity index (χ1v) is 10.3. The van der Waals surface area contributed by atoms with Crippen LogP contribution in [-0.2, 0) is 14.3 Å². The van der Waals surface area contributed by atoms with Crippen LogP contribution < -0.4 is 14.8 Å². The highest BCUT2D eigenvalue weighted by atomic mass is 16.5. The van der Waals surface area contributed by atoms with Gasteiger partial charge in [0.05, 0.1) is 6.54 Å². The van der Waals surface area contributed by atoms with Crippen molar-refractivity contribution in [3.05, 3.63) is 60.2 Å². The molecule has 0 saturated heterocycles. The zero-order valence-electron chi connectivity index (χ0n) is 18.9. The van der Waals surface area contributed by atoms with Crippen molar-refractivity contribution in [2.75, 3.05) is 33.4 Å². The van der Waals surface area contributed by atoms with Crippen LogP contribution in [0.1, 0.15) is 31.1 Å². The van der Waals surface area contributed by atoms with Crippen LogP contribution in [0, 0.1) is 0 Å². The molecular formula is C24H30N2O6. The summed E-state index contributed by atoms with van der Waals surface area (Å²) in [6.07, 6.45) is 0. The van der Waals surface area contributed by atoms with Gasteiger partial charge in [-0.15, -0.1) is 0 Å². The number of ether oxygens (including phenoxy) is 3. The fraction of sp³-hybridized carbons (Fsp3) is 0.375. The summed E-state index contributed by atoms with van der Waals surface area (Å²) >= 11 is 0. The maximum absolute atomic E-state index is 12.5. The molecule has 8 nitrogen and oxygen atoms in total. The fourth-order valence-corrected chi connectivity index (χ4v) is 2.67. The van der Waals surface area contributed by atoms with E-state index < -0.39 is 24.0 Å². The zero-order valence-corrected chi connectivity index (χ0v) is 18.9. The van der Waals surface area contributed by atoms with E-state index in [1.54, 1.807) is 24.3 Å². The number of hydrogen-bond donors (Lipinski definition) is 1. The Morgan fingerprint density at radius 1 is 0.906 bits per heavy atom. The molecule has 8 heteroatoms. The molecule has 0 aromatic heterocycles. The number of hydrogen-bond acceptors (Lipinski definition) is 6. The van der Waals surface area contributed by atoms with Gasteiger partial charge in [-0.25, -0.2) is 4.79 Å². The highest BCUT2D eigenvalue weighted by Crippen LogP contribution is 2.19. The summed E-state index contributed by atoms with van der Waals surface area (Å²) in [5.74, 6) is -0.416. The lowest BCUT2D eigenvalue weighted by Crippen LogP contribution is -2.46. The van der Waals surface area contributed by atoms with E-state index in [1.165, 1.54) is 11.9 Å². The maximum Gasteiger partial charge on any atom is 0.342 e. The highest BCUT2D eigenvalue weighted by Gasteiger charge is 2.20. The van der Waals surface area contributed by atoms with Gasteiger partial charge < -0.3 is 24.4 Å². The van der Waals surface area contributed by atoms with E-state index in [0.717, 1.165) is 5.75 Å². The van der Waals surface area contributed by atoms with Crippen LogP contribution in [-0.4, -0.2) is 61.6 Å². The summed E-state index contributed by atoms with van der Waals surface area (Å²) in [5.41, 5.74) is -0.198. The first-order valence-electron chi connectivity index (χ1n) is 10.3. The van der Waals surface area contributed by atoms with Gasteiger partial charge in [0.15, 0.2) is 6.61 Å². The van der Waals surface area contributed by atoms with Crippen LogP contribution in [0.2, 0.25) is 0 Å². The van der Waals surface area contributed by atoms with Gasteiger partial charge in [-0.05, 0) is 45.0 Å². The van der Waals surface area contributed by atoms with Crippen LogP contribution in [0.15, 0.2) is 54.6 Å². The number of amides is 2. The third-order valence-electron chi connectivity index (χ3n) is 4.11. The smallest absolute Gasteiger partial charge is 0.342 e. The standard InChI is InChI=1S/C24H30N2O6/c1-24(2,3)25-21(27)16-26(4)22(28)17-32-23(29)19-12-8-9-13-20(19)31-15-14-30-18-10-6-5-7-11-18/h5-13H,14-17H2,1-4H3,(H,25,27). The molecule has 172 valence electrons. The summed E-state index contributed by atoms with van der Waals surface area (Å²) in [7, 11) is 1.47. The monoisotopic (exact) mass is 442 g/mol. The molecule has 2 aromatic carbocycles. The summed E-state index contributed by atoms with van der Waals surface area (Å²) in [6, 6.07) is 15.9. The lowest BCUT2D eigenvalue weighted by molar-refractivity contribution is -0.137. The van der Waals surface area contributed by atoms with Crippen molar-refractivity contribution in [2.24, 2.45) is 0 Å². The van der Waals surface area contributed by atoms with Crippen LogP contribution in [0.5, 0.6) is 11.5 Å². The Labute approximate surface area is 188 Å². The zero-order chi connectivity index (χ0) is 23.6. The number of nitrogens with zero attached hydrogens (tertiary/aromatic N) is 1. The second kappa shape index (κ2) is 11.7. The minimum absolute atomic E-state index is 0.130. The Hall–Kier alpha value is -3.55. The number of carbonyl (C=O) groups is 3. The number of para-hydroxylation sites is 2. The molecule has 0 aliphatic carbocycles. The van der Waals surface area contributed by atoms with Gasteiger partial charge in [-0.1, -0.05) is 30.3 Å². The van der Waals surface area contributed by atoms with Gasteiger partial charge in [0.1, 0.15) is 30.3 Å². The van der Waals surface area contributed by atoms with E-state index in [2.05, 4.69) is 5.32 Å². The van der Waals surface area contributed by atoms with Crippen molar-refractivity contribution in [3.8, 4) is 11.5 Å². The number of likely N-dealkylation sites (N-methyl/N-ethyl adjacent to an activating group) is 1. The largest absolute Gasteiger partial charge is 0.490 e. The average Bonchev–Trinajstić information content (AvgIpc) is 2.74. The third-order valence-corrected chi connectivity index (χ3v) is 4.11. The Balaban J connectivity index is 1.82. The Kier molecular flexibility index (Phi) is 9.07. The molecule has 0 radical (unpaired) electrons. The fourth-order valence-electron chi connectivity index (χ4n) is 2.67. The molecule has 0 aliphatic heterocycles.